The number of amides is 2. The van der Waals surface area contributed by atoms with Crippen LogP contribution in [0.2, 0.25) is 0 Å². The summed E-state index contributed by atoms with van der Waals surface area (Å²) in [6, 6.07) is 0. The lowest BCUT2D eigenvalue weighted by molar-refractivity contribution is -0.135. The van der Waals surface area contributed by atoms with Gasteiger partial charge in [0.15, 0.2) is 0 Å². The molecule has 0 spiro atoms. The van der Waals surface area contributed by atoms with Crippen molar-refractivity contribution in [1.82, 2.24) is 4.90 Å². The van der Waals surface area contributed by atoms with Crippen molar-refractivity contribution in [2.45, 2.75) is 13.8 Å². The third-order valence-electron chi connectivity index (χ3n) is 1.78. The number of likely N-dealkylation sites (N-methyl/N-ethyl adjacent to an activating group) is 1. The van der Waals surface area contributed by atoms with E-state index in [0.29, 0.717) is 5.57 Å². The molecule has 11 heavy (non-hydrogen) atoms. The summed E-state index contributed by atoms with van der Waals surface area (Å²) in [5.74, 6) is -0.236. The lowest BCUT2D eigenvalue weighted by Gasteiger charge is -2.08. The molecule has 0 unspecified atom stereocenters. The summed E-state index contributed by atoms with van der Waals surface area (Å²) in [6.45, 7) is 3.80. The van der Waals surface area contributed by atoms with E-state index in [2.05, 4.69) is 0 Å². The van der Waals surface area contributed by atoms with Crippen molar-refractivity contribution >= 4 is 11.8 Å². The molecule has 1 rings (SSSR count). The second-order valence-electron chi connectivity index (χ2n) is 2.96. The molecule has 0 aliphatic carbocycles. The third-order valence-corrected chi connectivity index (χ3v) is 1.78. The van der Waals surface area contributed by atoms with Gasteiger partial charge >= 0.3 is 0 Å². The highest BCUT2D eigenvalue weighted by Gasteiger charge is 2.28. The highest BCUT2D eigenvalue weighted by molar-refractivity contribution is 6.16. The van der Waals surface area contributed by atoms with Gasteiger partial charge in [-0.25, -0.2) is 0 Å². The number of carbonyl (C=O) groups excluding carboxylic acids is 2. The van der Waals surface area contributed by atoms with Gasteiger partial charge in [0, 0.05) is 18.7 Å². The van der Waals surface area contributed by atoms with Crippen molar-refractivity contribution in [1.29, 1.82) is 0 Å². The van der Waals surface area contributed by atoms with Crippen LogP contribution in [-0.2, 0) is 9.59 Å². The molecule has 0 N–H and O–H groups in total. The number of rotatable bonds is 1. The fraction of sp³-hybridized carbons (Fsp3) is 0.500. The Labute approximate surface area is 65.7 Å². The van der Waals surface area contributed by atoms with Crippen LogP contribution < -0.4 is 0 Å². The monoisotopic (exact) mass is 153 g/mol. The first kappa shape index (κ1) is 7.98. The van der Waals surface area contributed by atoms with Crippen molar-refractivity contribution in [2.75, 3.05) is 7.05 Å². The van der Waals surface area contributed by atoms with Gasteiger partial charge in [-0.2, -0.15) is 0 Å². The second kappa shape index (κ2) is 2.49. The molecule has 0 saturated carbocycles. The average molecular weight is 153 g/mol. The van der Waals surface area contributed by atoms with E-state index >= 15 is 0 Å². The summed E-state index contributed by atoms with van der Waals surface area (Å²) >= 11 is 0. The molecule has 0 fully saturated rings. The number of hydrogen-bond acceptors (Lipinski definition) is 2. The maximum absolute atomic E-state index is 11.2. The summed E-state index contributed by atoms with van der Waals surface area (Å²) in [4.78, 5) is 23.3. The zero-order valence-electron chi connectivity index (χ0n) is 6.92. The van der Waals surface area contributed by atoms with Crippen LogP contribution in [0.25, 0.3) is 0 Å². The molecule has 60 valence electrons. The van der Waals surface area contributed by atoms with E-state index in [0.717, 1.165) is 4.90 Å². The van der Waals surface area contributed by atoms with Crippen molar-refractivity contribution in [3.8, 4) is 0 Å². The maximum atomic E-state index is 11.2. The molecule has 3 heteroatoms. The van der Waals surface area contributed by atoms with E-state index in [1.807, 2.05) is 13.8 Å². The quantitative estimate of drug-likeness (QED) is 0.516. The maximum Gasteiger partial charge on any atom is 0.256 e. The lowest BCUT2D eigenvalue weighted by atomic mass is 10.0. The van der Waals surface area contributed by atoms with Crippen LogP contribution in [0.15, 0.2) is 11.6 Å². The number of nitrogens with zero attached hydrogens (tertiary/aromatic N) is 1. The Morgan fingerprint density at radius 1 is 1.36 bits per heavy atom. The van der Waals surface area contributed by atoms with E-state index in [9.17, 15) is 9.59 Å². The van der Waals surface area contributed by atoms with Gasteiger partial charge in [-0.15, -0.1) is 0 Å². The van der Waals surface area contributed by atoms with Crippen molar-refractivity contribution < 1.29 is 9.59 Å². The Balaban J connectivity index is 2.93. The van der Waals surface area contributed by atoms with Crippen LogP contribution in [-0.4, -0.2) is 23.8 Å². The summed E-state index contributed by atoms with van der Waals surface area (Å²) in [7, 11) is 1.50. The highest BCUT2D eigenvalue weighted by Crippen LogP contribution is 2.18. The summed E-state index contributed by atoms with van der Waals surface area (Å²) < 4.78 is 0. The molecule has 0 aromatic heterocycles. The molecule has 0 bridgehead atoms. The molecule has 0 aromatic carbocycles. The average Bonchev–Trinajstić information content (AvgIpc) is 2.17. The predicted molar refractivity (Wildman–Crippen MR) is 40.7 cm³/mol. The minimum absolute atomic E-state index is 0.136. The van der Waals surface area contributed by atoms with Gasteiger partial charge in [0.25, 0.3) is 11.8 Å². The van der Waals surface area contributed by atoms with E-state index in [1.165, 1.54) is 13.1 Å². The summed E-state index contributed by atoms with van der Waals surface area (Å²) in [6.07, 6.45) is 1.41. The lowest BCUT2D eigenvalue weighted by Crippen LogP contribution is -2.26. The molecule has 0 radical (unpaired) electrons. The van der Waals surface area contributed by atoms with Gasteiger partial charge in [-0.3, -0.25) is 14.5 Å². The normalized spacial score (nSPS) is 18.2. The van der Waals surface area contributed by atoms with Gasteiger partial charge in [0.1, 0.15) is 0 Å². The van der Waals surface area contributed by atoms with E-state index in [1.54, 1.807) is 0 Å². The van der Waals surface area contributed by atoms with Gasteiger partial charge in [0.2, 0.25) is 0 Å². The minimum Gasteiger partial charge on any atom is -0.278 e. The first-order valence-electron chi connectivity index (χ1n) is 3.57. The Morgan fingerprint density at radius 2 is 1.91 bits per heavy atom. The fourth-order valence-electron chi connectivity index (χ4n) is 0.999. The van der Waals surface area contributed by atoms with Crippen LogP contribution in [0.4, 0.5) is 0 Å². The number of carbonyl (C=O) groups is 2. The molecule has 1 aliphatic rings. The SMILES string of the molecule is CC(C)C1=CC(=O)N(C)C1=O. The van der Waals surface area contributed by atoms with Gasteiger partial charge in [-0.05, 0) is 5.92 Å². The fourth-order valence-corrected chi connectivity index (χ4v) is 0.999. The largest absolute Gasteiger partial charge is 0.278 e. The number of hydrogen-bond donors (Lipinski definition) is 0. The van der Waals surface area contributed by atoms with Crippen LogP contribution >= 0.6 is 0 Å². The molecule has 3 nitrogen and oxygen atoms in total. The standard InChI is InChI=1S/C8H11NO2/c1-5(2)6-4-7(10)9(3)8(6)11/h4-5H,1-3H3. The van der Waals surface area contributed by atoms with E-state index in [4.69, 9.17) is 0 Å². The smallest absolute Gasteiger partial charge is 0.256 e. The Morgan fingerprint density at radius 3 is 2.09 bits per heavy atom. The Bertz CT molecular complexity index is 240. The van der Waals surface area contributed by atoms with Crippen molar-refractivity contribution in [3.05, 3.63) is 11.6 Å². The van der Waals surface area contributed by atoms with E-state index in [-0.39, 0.29) is 17.7 Å². The summed E-state index contributed by atoms with van der Waals surface area (Å²) in [5, 5.41) is 0. The topological polar surface area (TPSA) is 37.4 Å². The Kier molecular flexibility index (Phi) is 1.81. The van der Waals surface area contributed by atoms with Crippen LogP contribution in [0.5, 0.6) is 0 Å². The van der Waals surface area contributed by atoms with Gasteiger partial charge in [-0.1, -0.05) is 13.8 Å². The summed E-state index contributed by atoms with van der Waals surface area (Å²) in [5.41, 5.74) is 0.609. The molecule has 2 amide bonds. The van der Waals surface area contributed by atoms with Crippen molar-refractivity contribution in [3.63, 3.8) is 0 Å². The highest BCUT2D eigenvalue weighted by atomic mass is 16.2. The minimum atomic E-state index is -0.210. The second-order valence-corrected chi connectivity index (χ2v) is 2.96. The van der Waals surface area contributed by atoms with Crippen LogP contribution in [0.3, 0.4) is 0 Å². The zero-order valence-corrected chi connectivity index (χ0v) is 6.92. The third kappa shape index (κ3) is 1.18. The first-order chi connectivity index (χ1) is 5.04. The van der Waals surface area contributed by atoms with Gasteiger partial charge in [0.05, 0.1) is 0 Å². The molecule has 1 heterocycles. The first-order valence-corrected chi connectivity index (χ1v) is 3.57. The molecular formula is C8H11NO2. The predicted octanol–water partition coefficient (Wildman–Crippen LogP) is 0.567. The molecule has 0 saturated heterocycles. The number of imide groups is 1. The Hall–Kier alpha value is -1.12. The van der Waals surface area contributed by atoms with Crippen molar-refractivity contribution in [2.24, 2.45) is 5.92 Å². The van der Waals surface area contributed by atoms with Crippen LogP contribution in [0, 0.1) is 5.92 Å². The zero-order chi connectivity index (χ0) is 8.59. The molecule has 1 aliphatic heterocycles. The van der Waals surface area contributed by atoms with E-state index < -0.39 is 0 Å². The molecule has 0 aromatic rings. The molecular weight excluding hydrogens is 142 g/mol. The molecule has 0 atom stereocenters. The van der Waals surface area contributed by atoms with Crippen LogP contribution in [0.1, 0.15) is 13.8 Å². The van der Waals surface area contributed by atoms with Gasteiger partial charge < -0.3 is 0 Å².